The van der Waals surface area contributed by atoms with Gasteiger partial charge in [0.25, 0.3) is 0 Å². The number of methoxy groups -OCH3 is 2. The Bertz CT molecular complexity index is 597. The molecule has 2 rings (SSSR count). The number of rotatable bonds is 6. The minimum absolute atomic E-state index is 0.0586. The second-order valence-electron chi connectivity index (χ2n) is 5.17. The molecule has 0 saturated carbocycles. The maximum absolute atomic E-state index is 5.96. The summed E-state index contributed by atoms with van der Waals surface area (Å²) in [5, 5.41) is 12.0. The van der Waals surface area contributed by atoms with Gasteiger partial charge in [0.2, 0.25) is 0 Å². The summed E-state index contributed by atoms with van der Waals surface area (Å²) in [5.41, 5.74) is 7.36. The highest BCUT2D eigenvalue weighted by atomic mass is 16.5. The second-order valence-corrected chi connectivity index (χ2v) is 5.17. The average Bonchev–Trinajstić information content (AvgIpc) is 2.93. The smallest absolute Gasteiger partial charge is 0.182 e. The normalized spacial score (nSPS) is 12.6. The molecular weight excluding hydrogens is 270 g/mol. The van der Waals surface area contributed by atoms with Gasteiger partial charge in [0.15, 0.2) is 5.82 Å². The van der Waals surface area contributed by atoms with E-state index in [9.17, 15) is 0 Å². The number of benzene rings is 1. The highest BCUT2D eigenvalue weighted by molar-refractivity contribution is 5.66. The Kier molecular flexibility index (Phi) is 4.74. The number of anilines is 1. The Morgan fingerprint density at radius 3 is 2.62 bits per heavy atom. The summed E-state index contributed by atoms with van der Waals surface area (Å²) in [4.78, 5) is 0. The van der Waals surface area contributed by atoms with Crippen LogP contribution in [0.5, 0.6) is 5.75 Å². The molecule has 0 radical (unpaired) electrons. The number of nitrogens with two attached hydrogens (primary N) is 1. The molecule has 0 aliphatic carbocycles. The molecule has 0 amide bonds. The highest BCUT2D eigenvalue weighted by Crippen LogP contribution is 2.29. The summed E-state index contributed by atoms with van der Waals surface area (Å²) in [7, 11) is 3.26. The van der Waals surface area contributed by atoms with Crippen LogP contribution < -0.4 is 10.5 Å². The third-order valence-corrected chi connectivity index (χ3v) is 3.40. The fraction of sp³-hybridized carbons (Fsp3) is 0.500. The predicted molar refractivity (Wildman–Crippen MR) is 80.0 cm³/mol. The summed E-state index contributed by atoms with van der Waals surface area (Å²) in [6, 6.07) is 5.57. The third kappa shape index (κ3) is 3.13. The van der Waals surface area contributed by atoms with E-state index >= 15 is 0 Å². The quantitative estimate of drug-likeness (QED) is 0.816. The standard InChI is InChI=1S/C14H21N5O2/c1-9(2)12(8-20-3)19-14(16-17-18-19)10-5-6-13(21-4)11(15)7-10/h5-7,9,12H,8,15H2,1-4H3. The number of hydrogen-bond acceptors (Lipinski definition) is 6. The van der Waals surface area contributed by atoms with Gasteiger partial charge in [-0.1, -0.05) is 13.8 Å². The zero-order valence-corrected chi connectivity index (χ0v) is 12.8. The van der Waals surface area contributed by atoms with E-state index in [0.29, 0.717) is 29.8 Å². The van der Waals surface area contributed by atoms with E-state index in [2.05, 4.69) is 29.4 Å². The number of hydrogen-bond donors (Lipinski definition) is 1. The lowest BCUT2D eigenvalue weighted by atomic mass is 10.0. The minimum Gasteiger partial charge on any atom is -0.495 e. The van der Waals surface area contributed by atoms with Crippen molar-refractivity contribution in [2.45, 2.75) is 19.9 Å². The van der Waals surface area contributed by atoms with Crippen LogP contribution in [0.25, 0.3) is 11.4 Å². The van der Waals surface area contributed by atoms with E-state index in [1.807, 2.05) is 18.2 Å². The van der Waals surface area contributed by atoms with Gasteiger partial charge >= 0.3 is 0 Å². The Balaban J connectivity index is 2.42. The zero-order valence-electron chi connectivity index (χ0n) is 12.8. The molecule has 7 nitrogen and oxygen atoms in total. The summed E-state index contributed by atoms with van der Waals surface area (Å²) in [5.74, 6) is 1.64. The van der Waals surface area contributed by atoms with E-state index in [0.717, 1.165) is 5.56 Å². The molecule has 21 heavy (non-hydrogen) atoms. The molecule has 0 fully saturated rings. The van der Waals surface area contributed by atoms with Crippen molar-refractivity contribution >= 4 is 5.69 Å². The molecule has 114 valence electrons. The van der Waals surface area contributed by atoms with Crippen molar-refractivity contribution in [3.05, 3.63) is 18.2 Å². The number of tetrazole rings is 1. The van der Waals surface area contributed by atoms with E-state index in [4.69, 9.17) is 15.2 Å². The minimum atomic E-state index is 0.0586. The Morgan fingerprint density at radius 2 is 2.05 bits per heavy atom. The number of nitrogens with zero attached hydrogens (tertiary/aromatic N) is 4. The largest absolute Gasteiger partial charge is 0.495 e. The Labute approximate surface area is 124 Å². The van der Waals surface area contributed by atoms with Gasteiger partial charge in [-0.25, -0.2) is 4.68 Å². The molecule has 1 atom stereocenters. The van der Waals surface area contributed by atoms with Crippen LogP contribution in [0.2, 0.25) is 0 Å². The molecule has 0 aliphatic rings. The van der Waals surface area contributed by atoms with Gasteiger partial charge in [-0.05, 0) is 34.5 Å². The van der Waals surface area contributed by atoms with E-state index < -0.39 is 0 Å². The molecule has 1 heterocycles. The van der Waals surface area contributed by atoms with Gasteiger partial charge < -0.3 is 15.2 Å². The summed E-state index contributed by atoms with van der Waals surface area (Å²) >= 11 is 0. The average molecular weight is 291 g/mol. The van der Waals surface area contributed by atoms with Crippen molar-refractivity contribution in [1.82, 2.24) is 20.2 Å². The van der Waals surface area contributed by atoms with Crippen LogP contribution in [0.4, 0.5) is 5.69 Å². The van der Waals surface area contributed by atoms with Crippen LogP contribution in [0, 0.1) is 5.92 Å². The SMILES string of the molecule is COCC(C(C)C)n1nnnc1-c1ccc(OC)c(N)c1. The molecule has 0 spiro atoms. The molecule has 0 saturated heterocycles. The molecule has 1 unspecified atom stereocenters. The monoisotopic (exact) mass is 291 g/mol. The van der Waals surface area contributed by atoms with Gasteiger partial charge in [0.05, 0.1) is 25.4 Å². The number of ether oxygens (including phenoxy) is 2. The highest BCUT2D eigenvalue weighted by Gasteiger charge is 2.22. The van der Waals surface area contributed by atoms with Crippen molar-refractivity contribution in [3.8, 4) is 17.1 Å². The molecule has 2 aromatic rings. The van der Waals surface area contributed by atoms with Gasteiger partial charge in [-0.2, -0.15) is 0 Å². The van der Waals surface area contributed by atoms with Crippen molar-refractivity contribution in [1.29, 1.82) is 0 Å². The number of nitrogen functional groups attached to an aromatic ring is 1. The third-order valence-electron chi connectivity index (χ3n) is 3.40. The lowest BCUT2D eigenvalue weighted by Crippen LogP contribution is -2.22. The van der Waals surface area contributed by atoms with Crippen LogP contribution in [-0.4, -0.2) is 41.0 Å². The lowest BCUT2D eigenvalue weighted by Gasteiger charge is -2.21. The van der Waals surface area contributed by atoms with Gasteiger partial charge in [-0.3, -0.25) is 0 Å². The summed E-state index contributed by atoms with van der Waals surface area (Å²) in [6.07, 6.45) is 0. The predicted octanol–water partition coefficient (Wildman–Crippen LogP) is 1.77. The first-order valence-electron chi connectivity index (χ1n) is 6.79. The summed E-state index contributed by atoms with van der Waals surface area (Å²) in [6.45, 7) is 4.76. The van der Waals surface area contributed by atoms with Gasteiger partial charge in [-0.15, -0.1) is 5.10 Å². The van der Waals surface area contributed by atoms with Gasteiger partial charge in [0.1, 0.15) is 5.75 Å². The Hall–Kier alpha value is -2.15. The maximum atomic E-state index is 5.96. The molecule has 0 aliphatic heterocycles. The van der Waals surface area contributed by atoms with E-state index in [1.54, 1.807) is 18.9 Å². The first-order chi connectivity index (χ1) is 10.1. The first kappa shape index (κ1) is 15.2. The fourth-order valence-electron chi connectivity index (χ4n) is 2.20. The van der Waals surface area contributed by atoms with Crippen molar-refractivity contribution < 1.29 is 9.47 Å². The van der Waals surface area contributed by atoms with E-state index in [1.165, 1.54) is 0 Å². The first-order valence-corrected chi connectivity index (χ1v) is 6.79. The zero-order chi connectivity index (χ0) is 15.4. The fourth-order valence-corrected chi connectivity index (χ4v) is 2.20. The van der Waals surface area contributed by atoms with Crippen LogP contribution in [-0.2, 0) is 4.74 Å². The van der Waals surface area contributed by atoms with Crippen molar-refractivity contribution in [3.63, 3.8) is 0 Å². The van der Waals surface area contributed by atoms with Crippen LogP contribution in [0.1, 0.15) is 19.9 Å². The van der Waals surface area contributed by atoms with Crippen molar-refractivity contribution in [2.75, 3.05) is 26.6 Å². The molecule has 1 aromatic heterocycles. The Morgan fingerprint density at radius 1 is 1.29 bits per heavy atom. The van der Waals surface area contributed by atoms with Gasteiger partial charge in [0, 0.05) is 12.7 Å². The topological polar surface area (TPSA) is 88.1 Å². The van der Waals surface area contributed by atoms with Crippen LogP contribution >= 0.6 is 0 Å². The molecule has 1 aromatic carbocycles. The molecular formula is C14H21N5O2. The second kappa shape index (κ2) is 6.53. The van der Waals surface area contributed by atoms with E-state index in [-0.39, 0.29) is 6.04 Å². The summed E-state index contributed by atoms with van der Waals surface area (Å²) < 4.78 is 12.2. The van der Waals surface area contributed by atoms with Crippen LogP contribution in [0.3, 0.4) is 0 Å². The van der Waals surface area contributed by atoms with Crippen LogP contribution in [0.15, 0.2) is 18.2 Å². The molecule has 0 bridgehead atoms. The molecule has 2 N–H and O–H groups in total. The van der Waals surface area contributed by atoms with Crippen molar-refractivity contribution in [2.24, 2.45) is 5.92 Å². The maximum Gasteiger partial charge on any atom is 0.182 e. The molecule has 7 heteroatoms. The lowest BCUT2D eigenvalue weighted by molar-refractivity contribution is 0.126. The number of aromatic nitrogens is 4.